The Balaban J connectivity index is 1.69. The van der Waals surface area contributed by atoms with Crippen molar-refractivity contribution in [3.05, 3.63) is 78.2 Å². The molecule has 0 amide bonds. The first kappa shape index (κ1) is 30.0. The summed E-state index contributed by atoms with van der Waals surface area (Å²) >= 11 is 0. The molecule has 0 bridgehead atoms. The molecule has 0 aliphatic rings. The van der Waals surface area contributed by atoms with Crippen LogP contribution in [0.5, 0.6) is 23.0 Å². The molecule has 0 aliphatic carbocycles. The van der Waals surface area contributed by atoms with E-state index in [1.165, 1.54) is 48.7 Å². The number of carbonyl (C=O) groups is 1. The molecule has 13 heteroatoms. The van der Waals surface area contributed by atoms with Crippen LogP contribution in [-0.2, 0) is 6.54 Å². The van der Waals surface area contributed by atoms with Crippen molar-refractivity contribution in [3.8, 4) is 34.5 Å². The average Bonchev–Trinajstić information content (AvgIpc) is 3.42. The van der Waals surface area contributed by atoms with Crippen LogP contribution < -0.4 is 23.8 Å². The maximum Gasteiger partial charge on any atom is 0.387 e. The number of aromatic nitrogens is 1. The Hall–Kier alpha value is -4.94. The molecule has 1 heterocycles. The molecule has 4 rings (SSSR count). The van der Waals surface area contributed by atoms with Crippen molar-refractivity contribution in [2.24, 2.45) is 0 Å². The number of aromatic carboxylic acids is 1. The topological polar surface area (TPSA) is 103 Å². The van der Waals surface area contributed by atoms with Crippen molar-refractivity contribution >= 4 is 17.3 Å². The molecule has 0 fully saturated rings. The summed E-state index contributed by atoms with van der Waals surface area (Å²) in [4.78, 5) is 17.4. The molecular weight excluding hydrogens is 564 g/mol. The van der Waals surface area contributed by atoms with Gasteiger partial charge >= 0.3 is 19.2 Å². The number of anilines is 2. The lowest BCUT2D eigenvalue weighted by molar-refractivity contribution is -0.0520. The van der Waals surface area contributed by atoms with Crippen LogP contribution in [0.3, 0.4) is 0 Å². The summed E-state index contributed by atoms with van der Waals surface area (Å²) in [5, 5.41) is 9.31. The number of carboxylic acid groups (broad SMARTS) is 1. The van der Waals surface area contributed by atoms with E-state index in [1.807, 2.05) is 0 Å². The highest BCUT2D eigenvalue weighted by Crippen LogP contribution is 2.38. The number of rotatable bonds is 14. The Kier molecular flexibility index (Phi) is 9.73. The maximum atomic E-state index is 12.9. The Morgan fingerprint density at radius 3 is 1.98 bits per heavy atom. The number of benzene rings is 3. The van der Waals surface area contributed by atoms with Crippen LogP contribution >= 0.6 is 0 Å². The Morgan fingerprint density at radius 2 is 1.40 bits per heavy atom. The highest BCUT2D eigenvalue weighted by Gasteiger charge is 2.20. The van der Waals surface area contributed by atoms with Gasteiger partial charge in [0.15, 0.2) is 23.0 Å². The summed E-state index contributed by atoms with van der Waals surface area (Å²) in [6, 6.07) is 14.7. The van der Waals surface area contributed by atoms with Crippen LogP contribution in [0, 0.1) is 0 Å². The lowest BCUT2D eigenvalue weighted by atomic mass is 10.1. The first-order valence-corrected chi connectivity index (χ1v) is 12.7. The third kappa shape index (κ3) is 7.42. The summed E-state index contributed by atoms with van der Waals surface area (Å²) in [5.74, 6) is -0.683. The smallest absolute Gasteiger partial charge is 0.387 e. The van der Waals surface area contributed by atoms with Crippen LogP contribution in [0.1, 0.15) is 30.0 Å². The molecular formula is C29H26F4N2O7. The molecule has 0 spiro atoms. The van der Waals surface area contributed by atoms with Gasteiger partial charge in [-0.05, 0) is 68.4 Å². The zero-order valence-corrected chi connectivity index (χ0v) is 22.4. The molecule has 0 saturated carbocycles. The van der Waals surface area contributed by atoms with Gasteiger partial charge in [-0.2, -0.15) is 17.6 Å². The number of hydrogen-bond donors (Lipinski definition) is 1. The summed E-state index contributed by atoms with van der Waals surface area (Å²) in [5.41, 5.74) is 1.56. The van der Waals surface area contributed by atoms with Crippen molar-refractivity contribution < 1.29 is 50.8 Å². The molecule has 0 saturated heterocycles. The lowest BCUT2D eigenvalue weighted by Gasteiger charge is -2.25. The van der Waals surface area contributed by atoms with Crippen molar-refractivity contribution in [3.63, 3.8) is 0 Å². The van der Waals surface area contributed by atoms with E-state index in [2.05, 4.69) is 14.5 Å². The molecule has 3 aromatic carbocycles. The molecule has 1 aromatic heterocycles. The maximum absolute atomic E-state index is 12.9. The third-order valence-electron chi connectivity index (χ3n) is 5.75. The van der Waals surface area contributed by atoms with E-state index in [4.69, 9.17) is 13.9 Å². The quantitative estimate of drug-likeness (QED) is 0.151. The van der Waals surface area contributed by atoms with Gasteiger partial charge in [0.2, 0.25) is 5.89 Å². The average molecular weight is 591 g/mol. The highest BCUT2D eigenvalue weighted by atomic mass is 19.3. The predicted octanol–water partition coefficient (Wildman–Crippen LogP) is 7.38. The van der Waals surface area contributed by atoms with Crippen LogP contribution in [0.2, 0.25) is 0 Å². The second kappa shape index (κ2) is 13.6. The summed E-state index contributed by atoms with van der Waals surface area (Å²) in [6.07, 6.45) is 1.47. The van der Waals surface area contributed by atoms with E-state index in [1.54, 1.807) is 36.9 Å². The van der Waals surface area contributed by atoms with E-state index in [-0.39, 0.29) is 54.2 Å². The number of nitrogens with zero attached hydrogens (tertiary/aromatic N) is 2. The fraction of sp³-hybridized carbons (Fsp3) is 0.241. The minimum atomic E-state index is -3.05. The summed E-state index contributed by atoms with van der Waals surface area (Å²) < 4.78 is 77.5. The molecule has 0 aliphatic heterocycles. The molecule has 1 N–H and O–H groups in total. The number of halogens is 4. The Morgan fingerprint density at radius 1 is 0.833 bits per heavy atom. The van der Waals surface area contributed by atoms with E-state index in [0.717, 1.165) is 0 Å². The van der Waals surface area contributed by atoms with Crippen molar-refractivity contribution in [1.29, 1.82) is 0 Å². The van der Waals surface area contributed by atoms with Gasteiger partial charge in [0.1, 0.15) is 5.76 Å². The molecule has 0 atom stereocenters. The second-order valence-corrected chi connectivity index (χ2v) is 8.49. The van der Waals surface area contributed by atoms with Crippen LogP contribution in [0.15, 0.2) is 71.3 Å². The highest BCUT2D eigenvalue weighted by molar-refractivity contribution is 5.88. The predicted molar refractivity (Wildman–Crippen MR) is 143 cm³/mol. The largest absolute Gasteiger partial charge is 0.490 e. The number of carboxylic acids is 1. The zero-order chi connectivity index (χ0) is 30.2. The van der Waals surface area contributed by atoms with Crippen molar-refractivity contribution in [1.82, 2.24) is 4.98 Å². The molecule has 9 nitrogen and oxygen atoms in total. The van der Waals surface area contributed by atoms with Crippen LogP contribution in [0.25, 0.3) is 11.5 Å². The summed E-state index contributed by atoms with van der Waals surface area (Å²) in [7, 11) is 0. The Labute approximate surface area is 237 Å². The second-order valence-electron chi connectivity index (χ2n) is 8.49. The van der Waals surface area contributed by atoms with Crippen molar-refractivity contribution in [2.75, 3.05) is 18.1 Å². The molecule has 4 aromatic rings. The molecule has 0 radical (unpaired) electrons. The summed E-state index contributed by atoms with van der Waals surface area (Å²) in [6.45, 7) is -2.22. The molecule has 222 valence electrons. The van der Waals surface area contributed by atoms with Crippen LogP contribution in [0.4, 0.5) is 28.9 Å². The van der Waals surface area contributed by atoms with Gasteiger partial charge in [-0.15, -0.1) is 0 Å². The SMILES string of the molecule is CCOc1cc(-c2ncc(CN(c3ccc(C(=O)O)cc3)c3ccc(OC(F)F)c(OCC)c3)o2)ccc1OC(F)F. The van der Waals surface area contributed by atoms with E-state index >= 15 is 0 Å². The fourth-order valence-electron chi connectivity index (χ4n) is 4.01. The van der Waals surface area contributed by atoms with Gasteiger partial charge in [0, 0.05) is 23.0 Å². The zero-order valence-electron chi connectivity index (χ0n) is 22.4. The number of hydrogen-bond acceptors (Lipinski definition) is 8. The number of alkyl halides is 4. The Bertz CT molecular complexity index is 1500. The number of ether oxygens (including phenoxy) is 4. The minimum Gasteiger partial charge on any atom is -0.490 e. The van der Waals surface area contributed by atoms with Crippen molar-refractivity contribution in [2.45, 2.75) is 33.6 Å². The van der Waals surface area contributed by atoms with E-state index in [0.29, 0.717) is 22.7 Å². The van der Waals surface area contributed by atoms with E-state index < -0.39 is 19.2 Å². The first-order valence-electron chi connectivity index (χ1n) is 12.7. The normalized spacial score (nSPS) is 11.0. The van der Waals surface area contributed by atoms with Gasteiger partial charge in [-0.25, -0.2) is 9.78 Å². The first-order chi connectivity index (χ1) is 20.2. The number of oxazole rings is 1. The fourth-order valence-corrected chi connectivity index (χ4v) is 4.01. The van der Waals surface area contributed by atoms with E-state index in [9.17, 15) is 27.5 Å². The van der Waals surface area contributed by atoms with Gasteiger partial charge in [-0.1, -0.05) is 0 Å². The molecule has 0 unspecified atom stereocenters. The van der Waals surface area contributed by atoms with Crippen LogP contribution in [-0.4, -0.2) is 42.5 Å². The van der Waals surface area contributed by atoms with Gasteiger partial charge in [0.05, 0.1) is 31.5 Å². The minimum absolute atomic E-state index is 0.0701. The lowest BCUT2D eigenvalue weighted by Crippen LogP contribution is -2.17. The molecule has 42 heavy (non-hydrogen) atoms. The third-order valence-corrected chi connectivity index (χ3v) is 5.75. The van der Waals surface area contributed by atoms with Gasteiger partial charge in [-0.3, -0.25) is 0 Å². The monoisotopic (exact) mass is 590 g/mol. The van der Waals surface area contributed by atoms with Gasteiger partial charge in [0.25, 0.3) is 0 Å². The standard InChI is InChI=1S/C29H26F4N2O7/c1-3-38-24-13-18(7-11-22(24)41-28(30)31)26-34-15-21(40-26)16-35(19-8-5-17(6-9-19)27(36)37)20-10-12-23(42-29(32)33)25(14-20)39-4-2/h5-15,28-29H,3-4,16H2,1-2H3,(H,36,37). The van der Waals surface area contributed by atoms with Gasteiger partial charge < -0.3 is 33.4 Å².